The molecule has 0 aliphatic rings. The van der Waals surface area contributed by atoms with Crippen LogP contribution in [-0.4, -0.2) is 14.6 Å². The van der Waals surface area contributed by atoms with E-state index in [2.05, 4.69) is 40.9 Å². The van der Waals surface area contributed by atoms with Crippen molar-refractivity contribution in [2.45, 2.75) is 33.3 Å². The largest absolute Gasteiger partial charge is 0.403 e. The van der Waals surface area contributed by atoms with Gasteiger partial charge in [0.25, 0.3) is 9.04 Å². The summed E-state index contributed by atoms with van der Waals surface area (Å²) in [5, 5.41) is 0. The molecule has 0 amide bonds. The highest BCUT2D eigenvalue weighted by Gasteiger charge is 2.25. The third-order valence-corrected chi connectivity index (χ3v) is 3.74. The van der Waals surface area contributed by atoms with Crippen LogP contribution >= 0.6 is 0 Å². The molecule has 0 saturated heterocycles. The van der Waals surface area contributed by atoms with Gasteiger partial charge in [0.05, 0.1) is 5.60 Å². The Kier molecular flexibility index (Phi) is 4.49. The summed E-state index contributed by atoms with van der Waals surface area (Å²) >= 11 is 0. The second-order valence-corrected chi connectivity index (χ2v) is 5.50. The summed E-state index contributed by atoms with van der Waals surface area (Å²) in [6.07, 6.45) is 0. The molecular formula is C10H19OSi. The Morgan fingerprint density at radius 3 is 1.92 bits per heavy atom. The van der Waals surface area contributed by atoms with Crippen LogP contribution in [0.5, 0.6) is 0 Å². The fourth-order valence-corrected chi connectivity index (χ4v) is 1.76. The highest BCUT2D eigenvalue weighted by molar-refractivity contribution is 6.62. The molecule has 0 aromatic heterocycles. The van der Waals surface area contributed by atoms with E-state index in [1.165, 1.54) is 0 Å². The van der Waals surface area contributed by atoms with Crippen molar-refractivity contribution in [1.82, 2.24) is 0 Å². The Labute approximate surface area is 77.9 Å². The first-order valence-electron chi connectivity index (χ1n) is 4.25. The van der Waals surface area contributed by atoms with Crippen molar-refractivity contribution >= 4 is 9.04 Å². The van der Waals surface area contributed by atoms with Crippen LogP contribution in [0.1, 0.15) is 27.7 Å². The maximum atomic E-state index is 5.86. The molecule has 0 bridgehead atoms. The van der Waals surface area contributed by atoms with Gasteiger partial charge in [-0.15, -0.1) is 13.2 Å². The SMILES string of the molecule is C=C[Si](C=C)OC(C)(C)C(C)C. The van der Waals surface area contributed by atoms with Crippen molar-refractivity contribution < 1.29 is 4.43 Å². The van der Waals surface area contributed by atoms with E-state index in [4.69, 9.17) is 4.43 Å². The van der Waals surface area contributed by atoms with E-state index in [1.54, 1.807) is 0 Å². The monoisotopic (exact) mass is 183 g/mol. The minimum Gasteiger partial charge on any atom is -0.403 e. The van der Waals surface area contributed by atoms with Crippen molar-refractivity contribution in [3.05, 3.63) is 24.6 Å². The van der Waals surface area contributed by atoms with Gasteiger partial charge in [-0.1, -0.05) is 25.2 Å². The number of hydrogen-bond donors (Lipinski definition) is 0. The fourth-order valence-electron chi connectivity index (χ4n) is 0.588. The quantitative estimate of drug-likeness (QED) is 0.596. The lowest BCUT2D eigenvalue weighted by Crippen LogP contribution is -2.36. The molecule has 0 aromatic rings. The highest BCUT2D eigenvalue weighted by atomic mass is 28.3. The summed E-state index contributed by atoms with van der Waals surface area (Å²) in [5.74, 6) is 0.511. The summed E-state index contributed by atoms with van der Waals surface area (Å²) in [7, 11) is -0.997. The van der Waals surface area contributed by atoms with Crippen LogP contribution in [-0.2, 0) is 4.43 Å². The lowest BCUT2D eigenvalue weighted by Gasteiger charge is -2.31. The Morgan fingerprint density at radius 1 is 1.25 bits per heavy atom. The van der Waals surface area contributed by atoms with Gasteiger partial charge < -0.3 is 4.43 Å². The summed E-state index contributed by atoms with van der Waals surface area (Å²) in [6, 6.07) is 0. The van der Waals surface area contributed by atoms with Gasteiger partial charge in [-0.2, -0.15) is 0 Å². The van der Waals surface area contributed by atoms with Crippen molar-refractivity contribution in [3.63, 3.8) is 0 Å². The van der Waals surface area contributed by atoms with Crippen molar-refractivity contribution in [1.29, 1.82) is 0 Å². The van der Waals surface area contributed by atoms with E-state index >= 15 is 0 Å². The standard InChI is InChI=1S/C10H19OSi/c1-7-12(8-2)11-10(5,6)9(3)4/h7-9H,1-2H2,3-6H3. The molecule has 0 unspecified atom stereocenters. The van der Waals surface area contributed by atoms with Crippen LogP contribution in [0.3, 0.4) is 0 Å². The first-order valence-corrected chi connectivity index (χ1v) is 5.81. The molecule has 0 fully saturated rings. The summed E-state index contributed by atoms with van der Waals surface area (Å²) in [5.41, 5.74) is 3.65. The molecule has 0 aliphatic heterocycles. The summed E-state index contributed by atoms with van der Waals surface area (Å²) < 4.78 is 5.86. The third kappa shape index (κ3) is 3.37. The van der Waals surface area contributed by atoms with Crippen molar-refractivity contribution in [2.24, 2.45) is 5.92 Å². The van der Waals surface area contributed by atoms with Crippen LogP contribution in [0.15, 0.2) is 24.6 Å². The molecule has 1 nitrogen and oxygen atoms in total. The molecule has 0 aliphatic carbocycles. The van der Waals surface area contributed by atoms with Gasteiger partial charge in [-0.05, 0) is 19.8 Å². The van der Waals surface area contributed by atoms with Gasteiger partial charge in [0.1, 0.15) is 0 Å². The van der Waals surface area contributed by atoms with Gasteiger partial charge in [0, 0.05) is 0 Å². The van der Waals surface area contributed by atoms with Crippen molar-refractivity contribution in [3.8, 4) is 0 Å². The van der Waals surface area contributed by atoms with E-state index < -0.39 is 9.04 Å². The molecule has 0 rings (SSSR count). The van der Waals surface area contributed by atoms with Crippen LogP contribution < -0.4 is 0 Å². The Bertz CT molecular complexity index is 153. The van der Waals surface area contributed by atoms with E-state index in [-0.39, 0.29) is 5.60 Å². The van der Waals surface area contributed by atoms with E-state index in [9.17, 15) is 0 Å². The van der Waals surface area contributed by atoms with Crippen LogP contribution in [0.4, 0.5) is 0 Å². The first-order chi connectivity index (χ1) is 5.44. The predicted molar refractivity (Wildman–Crippen MR) is 56.2 cm³/mol. The second kappa shape index (κ2) is 4.63. The lowest BCUT2D eigenvalue weighted by atomic mass is 9.95. The van der Waals surface area contributed by atoms with Crippen LogP contribution in [0.25, 0.3) is 0 Å². The molecular weight excluding hydrogens is 164 g/mol. The molecule has 69 valence electrons. The zero-order valence-electron chi connectivity index (χ0n) is 8.55. The van der Waals surface area contributed by atoms with E-state index in [0.29, 0.717) is 5.92 Å². The van der Waals surface area contributed by atoms with Gasteiger partial charge in [-0.25, -0.2) is 0 Å². The molecule has 0 N–H and O–H groups in total. The van der Waals surface area contributed by atoms with Crippen LogP contribution in [0, 0.1) is 5.92 Å². The average Bonchev–Trinajstić information content (AvgIpc) is 2.00. The van der Waals surface area contributed by atoms with E-state index in [0.717, 1.165) is 0 Å². The number of hydrogen-bond acceptors (Lipinski definition) is 1. The molecule has 0 atom stereocenters. The minimum absolute atomic E-state index is 0.0727. The molecule has 0 heterocycles. The van der Waals surface area contributed by atoms with Crippen molar-refractivity contribution in [2.75, 3.05) is 0 Å². The van der Waals surface area contributed by atoms with E-state index in [1.807, 2.05) is 11.4 Å². The highest BCUT2D eigenvalue weighted by Crippen LogP contribution is 2.21. The molecule has 1 radical (unpaired) electrons. The van der Waals surface area contributed by atoms with Gasteiger partial charge in [0.15, 0.2) is 0 Å². The van der Waals surface area contributed by atoms with Gasteiger partial charge in [0.2, 0.25) is 0 Å². The van der Waals surface area contributed by atoms with Gasteiger partial charge >= 0.3 is 0 Å². The summed E-state index contributed by atoms with van der Waals surface area (Å²) in [6.45, 7) is 16.0. The second-order valence-electron chi connectivity index (χ2n) is 3.67. The topological polar surface area (TPSA) is 9.23 Å². The zero-order chi connectivity index (χ0) is 9.78. The zero-order valence-corrected chi connectivity index (χ0v) is 9.55. The molecule has 2 heteroatoms. The maximum absolute atomic E-state index is 5.86. The van der Waals surface area contributed by atoms with Gasteiger partial charge in [-0.3, -0.25) is 0 Å². The fraction of sp³-hybridized carbons (Fsp3) is 0.600. The Morgan fingerprint density at radius 2 is 1.67 bits per heavy atom. The molecule has 0 aromatic carbocycles. The molecule has 0 spiro atoms. The molecule has 0 saturated carbocycles. The maximum Gasteiger partial charge on any atom is 0.266 e. The smallest absolute Gasteiger partial charge is 0.266 e. The number of rotatable bonds is 5. The third-order valence-electron chi connectivity index (χ3n) is 2.17. The normalized spacial score (nSPS) is 12.2. The Balaban J connectivity index is 4.20. The van der Waals surface area contributed by atoms with Crippen LogP contribution in [0.2, 0.25) is 0 Å². The molecule has 12 heavy (non-hydrogen) atoms. The Hall–Kier alpha value is -0.343. The minimum atomic E-state index is -0.997. The predicted octanol–water partition coefficient (Wildman–Crippen LogP) is 2.88. The first kappa shape index (κ1) is 11.7. The summed E-state index contributed by atoms with van der Waals surface area (Å²) in [4.78, 5) is 0. The lowest BCUT2D eigenvalue weighted by molar-refractivity contribution is 0.0618. The average molecular weight is 183 g/mol.